The minimum Gasteiger partial charge on any atom is -0.313 e. The predicted octanol–water partition coefficient (Wildman–Crippen LogP) is 7.91. The molecule has 29 heavy (non-hydrogen) atoms. The number of allylic oxidation sites excluding steroid dienone is 6. The van der Waals surface area contributed by atoms with Crippen molar-refractivity contribution in [2.75, 3.05) is 0 Å². The summed E-state index contributed by atoms with van der Waals surface area (Å²) in [5.74, 6) is 0.490. The molecule has 0 N–H and O–H groups in total. The van der Waals surface area contributed by atoms with Crippen LogP contribution in [0.3, 0.4) is 0 Å². The molecule has 0 aliphatic heterocycles. The van der Waals surface area contributed by atoms with Crippen LogP contribution in [0.2, 0.25) is 0 Å². The van der Waals surface area contributed by atoms with Crippen molar-refractivity contribution >= 4 is 22.6 Å². The largest absolute Gasteiger partial charge is 0.313 e. The average molecular weight is 380 g/mol. The second kappa shape index (κ2) is 7.75. The first kappa shape index (κ1) is 19.3. The van der Waals surface area contributed by atoms with Crippen molar-refractivity contribution in [1.29, 1.82) is 0 Å². The summed E-state index contributed by atoms with van der Waals surface area (Å²) in [4.78, 5) is 0. The van der Waals surface area contributed by atoms with E-state index in [1.165, 1.54) is 50.1 Å². The highest BCUT2D eigenvalue weighted by molar-refractivity contribution is 5.99. The van der Waals surface area contributed by atoms with E-state index in [2.05, 4.69) is 106 Å². The molecule has 1 heterocycles. The van der Waals surface area contributed by atoms with Gasteiger partial charge in [-0.05, 0) is 67.7 Å². The first-order chi connectivity index (χ1) is 14.1. The van der Waals surface area contributed by atoms with Crippen molar-refractivity contribution in [3.05, 3.63) is 101 Å². The molecule has 1 nitrogen and oxygen atoms in total. The number of nitrogens with zero attached hydrogens (tertiary/aromatic N) is 1. The third kappa shape index (κ3) is 3.11. The molecular formula is C28H29N. The topological polar surface area (TPSA) is 4.93 Å². The molecule has 0 bridgehead atoms. The van der Waals surface area contributed by atoms with E-state index in [0.717, 1.165) is 6.42 Å². The zero-order valence-electron chi connectivity index (χ0n) is 17.9. The summed E-state index contributed by atoms with van der Waals surface area (Å²) < 4.78 is 2.48. The smallest absolute Gasteiger partial charge is 0.0546 e. The molecule has 0 saturated carbocycles. The zero-order valence-corrected chi connectivity index (χ0v) is 17.9. The van der Waals surface area contributed by atoms with Gasteiger partial charge in [0, 0.05) is 28.2 Å². The Labute approximate surface area is 174 Å². The van der Waals surface area contributed by atoms with Crippen LogP contribution in [0.4, 0.5) is 0 Å². The maximum atomic E-state index is 3.93. The molecule has 0 saturated heterocycles. The summed E-state index contributed by atoms with van der Waals surface area (Å²) in [6.45, 7) is 12.8. The molecule has 2 aromatic carbocycles. The molecule has 0 amide bonds. The molecular weight excluding hydrogens is 350 g/mol. The molecule has 4 rings (SSSR count). The number of hydrogen-bond donors (Lipinski definition) is 0. The molecule has 1 unspecified atom stereocenters. The fourth-order valence-electron chi connectivity index (χ4n) is 4.65. The van der Waals surface area contributed by atoms with Gasteiger partial charge in [-0.2, -0.15) is 0 Å². The lowest BCUT2D eigenvalue weighted by Gasteiger charge is -2.19. The molecule has 0 radical (unpaired) electrons. The van der Waals surface area contributed by atoms with Crippen molar-refractivity contribution < 1.29 is 0 Å². The van der Waals surface area contributed by atoms with Gasteiger partial charge in [-0.1, -0.05) is 68.2 Å². The Morgan fingerprint density at radius 2 is 1.90 bits per heavy atom. The summed E-state index contributed by atoms with van der Waals surface area (Å²) in [5, 5.41) is 1.38. The molecule has 1 aliphatic rings. The summed E-state index contributed by atoms with van der Waals surface area (Å²) in [7, 11) is 0. The van der Waals surface area contributed by atoms with E-state index in [1.54, 1.807) is 0 Å². The average Bonchev–Trinajstić information content (AvgIpc) is 3.07. The van der Waals surface area contributed by atoms with Gasteiger partial charge in [0.2, 0.25) is 0 Å². The van der Waals surface area contributed by atoms with Gasteiger partial charge in [-0.15, -0.1) is 0 Å². The third-order valence-corrected chi connectivity index (χ3v) is 6.12. The Bertz CT molecular complexity index is 1170. The quantitative estimate of drug-likeness (QED) is 0.406. The first-order valence-electron chi connectivity index (χ1n) is 10.4. The number of benzene rings is 2. The number of hydrogen-bond acceptors (Lipinski definition) is 0. The normalized spacial score (nSPS) is 16.6. The second-order valence-electron chi connectivity index (χ2n) is 7.93. The zero-order chi connectivity index (χ0) is 20.5. The van der Waals surface area contributed by atoms with E-state index >= 15 is 0 Å². The van der Waals surface area contributed by atoms with E-state index in [4.69, 9.17) is 0 Å². The molecule has 1 aromatic heterocycles. The number of para-hydroxylation sites is 1. The summed E-state index contributed by atoms with van der Waals surface area (Å²) in [6.07, 6.45) is 14.0. The highest BCUT2D eigenvalue weighted by Crippen LogP contribution is 2.42. The predicted molar refractivity (Wildman–Crippen MR) is 128 cm³/mol. The standard InChI is InChI=1S/C28H29N/c1-6-12-22(13-7-2)25-18-26-27(21(5)20(25)4)24-17-11-14-19(3)28(24)29(26)23-15-9-8-10-16-23/h6-13,15-19H,1,14H2,2-5H3/b13-7-,22-12+. The molecule has 146 valence electrons. The lowest BCUT2D eigenvalue weighted by molar-refractivity contribution is 0.723. The number of aryl methyl sites for hydroxylation is 1. The molecule has 1 atom stereocenters. The van der Waals surface area contributed by atoms with Gasteiger partial charge >= 0.3 is 0 Å². The van der Waals surface area contributed by atoms with E-state index in [9.17, 15) is 0 Å². The Balaban J connectivity index is 2.16. The molecule has 1 heteroatoms. The lowest BCUT2D eigenvalue weighted by Crippen LogP contribution is -2.06. The van der Waals surface area contributed by atoms with Crippen LogP contribution in [0.1, 0.15) is 54.1 Å². The Morgan fingerprint density at radius 1 is 1.14 bits per heavy atom. The van der Waals surface area contributed by atoms with Gasteiger partial charge in [0.1, 0.15) is 0 Å². The van der Waals surface area contributed by atoms with Crippen molar-refractivity contribution in [1.82, 2.24) is 4.57 Å². The maximum absolute atomic E-state index is 3.93. The van der Waals surface area contributed by atoms with Gasteiger partial charge in [0.05, 0.1) is 5.52 Å². The van der Waals surface area contributed by atoms with Gasteiger partial charge in [0.15, 0.2) is 0 Å². The van der Waals surface area contributed by atoms with Crippen LogP contribution < -0.4 is 0 Å². The van der Waals surface area contributed by atoms with E-state index in [0.29, 0.717) is 5.92 Å². The number of fused-ring (bicyclic) bond motifs is 3. The minimum atomic E-state index is 0.490. The molecule has 3 aromatic rings. The highest BCUT2D eigenvalue weighted by atomic mass is 15.0. The minimum absolute atomic E-state index is 0.490. The molecule has 0 fully saturated rings. The highest BCUT2D eigenvalue weighted by Gasteiger charge is 2.25. The molecule has 0 spiro atoms. The third-order valence-electron chi connectivity index (χ3n) is 6.12. The summed E-state index contributed by atoms with van der Waals surface area (Å²) >= 11 is 0. The maximum Gasteiger partial charge on any atom is 0.0546 e. The van der Waals surface area contributed by atoms with Crippen molar-refractivity contribution in [3.8, 4) is 5.69 Å². The lowest BCUT2D eigenvalue weighted by atomic mass is 9.89. The van der Waals surface area contributed by atoms with Crippen LogP contribution in [-0.2, 0) is 0 Å². The van der Waals surface area contributed by atoms with Gasteiger partial charge < -0.3 is 4.57 Å². The SMILES string of the molecule is C=C/C=C(\C=C/C)c1cc2c(c(C)c1C)c1c(n2-c2ccccc2)C(C)CC=C1. The summed E-state index contributed by atoms with van der Waals surface area (Å²) in [6, 6.07) is 13.1. The number of rotatable bonds is 4. The van der Waals surface area contributed by atoms with E-state index in [-0.39, 0.29) is 0 Å². The monoisotopic (exact) mass is 379 g/mol. The van der Waals surface area contributed by atoms with Crippen LogP contribution in [-0.4, -0.2) is 4.57 Å². The fraction of sp³-hybridized carbons (Fsp3) is 0.214. The van der Waals surface area contributed by atoms with Gasteiger partial charge in [-0.25, -0.2) is 0 Å². The van der Waals surface area contributed by atoms with Gasteiger partial charge in [0.25, 0.3) is 0 Å². The van der Waals surface area contributed by atoms with Crippen molar-refractivity contribution in [2.24, 2.45) is 0 Å². The fourth-order valence-corrected chi connectivity index (χ4v) is 4.65. The second-order valence-corrected chi connectivity index (χ2v) is 7.93. The van der Waals surface area contributed by atoms with Crippen LogP contribution in [0.25, 0.3) is 28.2 Å². The van der Waals surface area contributed by atoms with Crippen molar-refractivity contribution in [3.63, 3.8) is 0 Å². The Kier molecular flexibility index (Phi) is 5.15. The first-order valence-corrected chi connectivity index (χ1v) is 10.4. The van der Waals surface area contributed by atoms with Gasteiger partial charge in [-0.3, -0.25) is 0 Å². The Morgan fingerprint density at radius 3 is 2.59 bits per heavy atom. The van der Waals surface area contributed by atoms with Crippen LogP contribution in [0, 0.1) is 13.8 Å². The van der Waals surface area contributed by atoms with Crippen molar-refractivity contribution in [2.45, 2.75) is 40.0 Å². The Hall–Kier alpha value is -3.06. The summed E-state index contributed by atoms with van der Waals surface area (Å²) in [5.41, 5.74) is 10.5. The van der Waals surface area contributed by atoms with Crippen LogP contribution >= 0.6 is 0 Å². The molecule has 1 aliphatic carbocycles. The number of aromatic nitrogens is 1. The van der Waals surface area contributed by atoms with E-state index < -0.39 is 0 Å². The van der Waals surface area contributed by atoms with Crippen LogP contribution in [0.15, 0.2) is 73.4 Å². The van der Waals surface area contributed by atoms with E-state index in [1.807, 2.05) is 6.08 Å². The van der Waals surface area contributed by atoms with Crippen LogP contribution in [0.5, 0.6) is 0 Å².